The van der Waals surface area contributed by atoms with E-state index >= 15 is 0 Å². The van der Waals surface area contributed by atoms with Crippen molar-refractivity contribution in [3.63, 3.8) is 0 Å². The van der Waals surface area contributed by atoms with E-state index in [4.69, 9.17) is 0 Å². The van der Waals surface area contributed by atoms with Gasteiger partial charge in [0.2, 0.25) is 5.91 Å². The second kappa shape index (κ2) is 5.36. The molecule has 0 radical (unpaired) electrons. The molecule has 1 amide bonds. The van der Waals surface area contributed by atoms with Crippen LogP contribution >= 0.6 is 0 Å². The third-order valence-electron chi connectivity index (χ3n) is 4.41. The van der Waals surface area contributed by atoms with Gasteiger partial charge in [0.05, 0.1) is 0 Å². The van der Waals surface area contributed by atoms with Crippen molar-refractivity contribution in [2.24, 2.45) is 0 Å². The summed E-state index contributed by atoms with van der Waals surface area (Å²) < 4.78 is 0. The molecule has 0 atom stereocenters. The van der Waals surface area contributed by atoms with Gasteiger partial charge in [-0.2, -0.15) is 0 Å². The van der Waals surface area contributed by atoms with Crippen molar-refractivity contribution in [1.29, 1.82) is 0 Å². The maximum Gasteiger partial charge on any atom is 0.235 e. The number of likely N-dealkylation sites (N-methyl/N-ethyl adjacent to an activating group) is 1. The van der Waals surface area contributed by atoms with Crippen LogP contribution in [-0.4, -0.2) is 12.5 Å². The molecular weight excluding hydrogens is 258 g/mol. The maximum absolute atomic E-state index is 13.0. The first-order chi connectivity index (χ1) is 10.3. The van der Waals surface area contributed by atoms with E-state index in [1.54, 1.807) is 0 Å². The molecule has 2 nitrogen and oxygen atoms in total. The zero-order valence-electron chi connectivity index (χ0n) is 12.6. The Bertz CT molecular complexity index is 629. The summed E-state index contributed by atoms with van der Waals surface area (Å²) in [6, 6.07) is 16.7. The van der Waals surface area contributed by atoms with Crippen molar-refractivity contribution >= 4 is 5.91 Å². The molecule has 108 valence electrons. The van der Waals surface area contributed by atoms with Gasteiger partial charge in [-0.1, -0.05) is 61.9 Å². The zero-order valence-corrected chi connectivity index (χ0v) is 12.6. The Labute approximate surface area is 126 Å². The van der Waals surface area contributed by atoms with Gasteiger partial charge in [0, 0.05) is 6.54 Å². The average Bonchev–Trinajstić information content (AvgIpc) is 2.80. The highest BCUT2D eigenvalue weighted by Gasteiger charge is 2.47. The normalized spacial score (nSPS) is 14.4. The fourth-order valence-electron chi connectivity index (χ4n) is 3.64. The van der Waals surface area contributed by atoms with Gasteiger partial charge in [0.15, 0.2) is 0 Å². The van der Waals surface area contributed by atoms with Crippen molar-refractivity contribution < 1.29 is 4.79 Å². The summed E-state index contributed by atoms with van der Waals surface area (Å²) in [5.41, 5.74) is 4.18. The van der Waals surface area contributed by atoms with Crippen molar-refractivity contribution in [1.82, 2.24) is 5.32 Å². The molecule has 1 N–H and O–H groups in total. The highest BCUT2D eigenvalue weighted by Crippen LogP contribution is 2.51. The van der Waals surface area contributed by atoms with Gasteiger partial charge in [-0.05, 0) is 35.6 Å². The fourth-order valence-corrected chi connectivity index (χ4v) is 3.64. The number of nitrogens with one attached hydrogen (secondary N) is 1. The molecule has 0 spiro atoms. The van der Waals surface area contributed by atoms with Crippen LogP contribution in [0.2, 0.25) is 0 Å². The van der Waals surface area contributed by atoms with Crippen LogP contribution in [0, 0.1) is 0 Å². The quantitative estimate of drug-likeness (QED) is 0.904. The summed E-state index contributed by atoms with van der Waals surface area (Å²) >= 11 is 0. The minimum atomic E-state index is -0.530. The van der Waals surface area contributed by atoms with Gasteiger partial charge >= 0.3 is 0 Å². The highest BCUT2D eigenvalue weighted by atomic mass is 16.2. The Balaban J connectivity index is 2.30. The first-order valence-corrected chi connectivity index (χ1v) is 7.73. The van der Waals surface area contributed by atoms with E-state index in [1.807, 2.05) is 19.1 Å². The number of hydrogen-bond acceptors (Lipinski definition) is 1. The molecule has 0 bridgehead atoms. The molecule has 21 heavy (non-hydrogen) atoms. The van der Waals surface area contributed by atoms with E-state index in [-0.39, 0.29) is 5.91 Å². The largest absolute Gasteiger partial charge is 0.355 e. The lowest BCUT2D eigenvalue weighted by Gasteiger charge is -2.30. The molecule has 2 heteroatoms. The molecule has 1 aliphatic rings. The van der Waals surface area contributed by atoms with Gasteiger partial charge in [0.25, 0.3) is 0 Å². The van der Waals surface area contributed by atoms with Crippen LogP contribution in [0.15, 0.2) is 48.5 Å². The molecule has 0 aromatic heterocycles. The van der Waals surface area contributed by atoms with E-state index in [1.165, 1.54) is 11.1 Å². The van der Waals surface area contributed by atoms with Crippen LogP contribution in [0.5, 0.6) is 0 Å². The van der Waals surface area contributed by atoms with Crippen LogP contribution in [0.25, 0.3) is 11.1 Å². The second-order valence-corrected chi connectivity index (χ2v) is 5.61. The first kappa shape index (κ1) is 13.9. The van der Waals surface area contributed by atoms with Crippen LogP contribution < -0.4 is 5.32 Å². The topological polar surface area (TPSA) is 29.1 Å². The van der Waals surface area contributed by atoms with Gasteiger partial charge in [0.1, 0.15) is 5.41 Å². The average molecular weight is 279 g/mol. The Morgan fingerprint density at radius 1 is 0.952 bits per heavy atom. The van der Waals surface area contributed by atoms with E-state index < -0.39 is 5.41 Å². The molecule has 0 heterocycles. The van der Waals surface area contributed by atoms with Gasteiger partial charge in [-0.25, -0.2) is 0 Å². The lowest BCUT2D eigenvalue weighted by atomic mass is 9.74. The van der Waals surface area contributed by atoms with E-state index in [0.29, 0.717) is 6.54 Å². The van der Waals surface area contributed by atoms with Gasteiger partial charge < -0.3 is 5.32 Å². The first-order valence-electron chi connectivity index (χ1n) is 7.73. The predicted molar refractivity (Wildman–Crippen MR) is 86.2 cm³/mol. The molecule has 2 aromatic rings. The van der Waals surface area contributed by atoms with Gasteiger partial charge in [-0.15, -0.1) is 0 Å². The Morgan fingerprint density at radius 2 is 1.48 bits per heavy atom. The van der Waals surface area contributed by atoms with Crippen molar-refractivity contribution in [2.75, 3.05) is 6.54 Å². The van der Waals surface area contributed by atoms with E-state index in [9.17, 15) is 4.79 Å². The summed E-state index contributed by atoms with van der Waals surface area (Å²) in [5, 5.41) is 3.06. The van der Waals surface area contributed by atoms with Crippen molar-refractivity contribution in [2.45, 2.75) is 32.1 Å². The summed E-state index contributed by atoms with van der Waals surface area (Å²) in [5.74, 6) is 0.129. The summed E-state index contributed by atoms with van der Waals surface area (Å²) in [4.78, 5) is 13.0. The molecule has 0 fully saturated rings. The Morgan fingerprint density at radius 3 is 1.95 bits per heavy atom. The molecule has 0 saturated carbocycles. The molecule has 0 aliphatic heterocycles. The number of amides is 1. The third-order valence-corrected chi connectivity index (χ3v) is 4.41. The minimum absolute atomic E-state index is 0.129. The maximum atomic E-state index is 13.0. The molecular formula is C19H21NO. The lowest BCUT2D eigenvalue weighted by Crippen LogP contribution is -2.44. The van der Waals surface area contributed by atoms with E-state index in [2.05, 4.69) is 48.6 Å². The number of fused-ring (bicyclic) bond motifs is 3. The third kappa shape index (κ3) is 1.90. The summed E-state index contributed by atoms with van der Waals surface area (Å²) in [6.07, 6.45) is 1.81. The minimum Gasteiger partial charge on any atom is -0.355 e. The van der Waals surface area contributed by atoms with Crippen molar-refractivity contribution in [3.05, 3.63) is 59.7 Å². The number of carbonyl (C=O) groups excluding carboxylic acids is 1. The fraction of sp³-hybridized carbons (Fsp3) is 0.316. The standard InChI is InChI=1S/C19H21NO/c1-3-13-19(18(21)20-4-2)16-11-7-5-9-14(16)15-10-6-8-12-17(15)19/h5-12H,3-4,13H2,1-2H3,(H,20,21). The highest BCUT2D eigenvalue weighted by molar-refractivity contribution is 6.00. The predicted octanol–water partition coefficient (Wildman–Crippen LogP) is 3.89. The Hall–Kier alpha value is -2.09. The summed E-state index contributed by atoms with van der Waals surface area (Å²) in [6.45, 7) is 4.78. The lowest BCUT2D eigenvalue weighted by molar-refractivity contribution is -0.125. The second-order valence-electron chi connectivity index (χ2n) is 5.61. The van der Waals surface area contributed by atoms with Crippen LogP contribution in [-0.2, 0) is 10.2 Å². The monoisotopic (exact) mass is 279 g/mol. The van der Waals surface area contributed by atoms with Crippen LogP contribution in [0.3, 0.4) is 0 Å². The SMILES string of the molecule is CCCC1(C(=O)NCC)c2ccccc2-c2ccccc21. The molecule has 3 rings (SSSR count). The number of rotatable bonds is 4. The summed E-state index contributed by atoms with van der Waals surface area (Å²) in [7, 11) is 0. The Kier molecular flexibility index (Phi) is 3.54. The molecule has 2 aromatic carbocycles. The number of hydrogen-bond donors (Lipinski definition) is 1. The number of carbonyl (C=O) groups is 1. The van der Waals surface area contributed by atoms with Crippen LogP contribution in [0.4, 0.5) is 0 Å². The zero-order chi connectivity index (χ0) is 14.9. The van der Waals surface area contributed by atoms with Gasteiger partial charge in [-0.3, -0.25) is 4.79 Å². The molecule has 0 unspecified atom stereocenters. The van der Waals surface area contributed by atoms with Crippen molar-refractivity contribution in [3.8, 4) is 11.1 Å². The molecule has 1 aliphatic carbocycles. The smallest absolute Gasteiger partial charge is 0.235 e. The van der Waals surface area contributed by atoms with E-state index in [0.717, 1.165) is 24.0 Å². The van der Waals surface area contributed by atoms with Crippen LogP contribution in [0.1, 0.15) is 37.8 Å². The number of benzene rings is 2. The molecule has 0 saturated heterocycles.